The number of rotatable bonds is 7. The third-order valence-corrected chi connectivity index (χ3v) is 6.31. The van der Waals surface area contributed by atoms with E-state index < -0.39 is 23.5 Å². The summed E-state index contributed by atoms with van der Waals surface area (Å²) in [7, 11) is 1.67. The van der Waals surface area contributed by atoms with Crippen LogP contribution in [0.5, 0.6) is 17.2 Å². The molecule has 0 spiro atoms. The summed E-state index contributed by atoms with van der Waals surface area (Å²) in [5.41, 5.74) is 1.79. The molecule has 0 aliphatic carbocycles. The van der Waals surface area contributed by atoms with E-state index in [-0.39, 0.29) is 17.3 Å². The second-order valence-electron chi connectivity index (χ2n) is 8.59. The van der Waals surface area contributed by atoms with Gasteiger partial charge in [0, 0.05) is 37.2 Å². The molecule has 2 aliphatic rings. The SMILES string of the molecule is COc1ccccc1CCCON1CCC(c2noc3cc(F)c4c(c23)OC(=O)/C=C/C(=O)O4)CC1. The van der Waals surface area contributed by atoms with Gasteiger partial charge in [0.2, 0.25) is 5.75 Å². The number of aromatic nitrogens is 1. The summed E-state index contributed by atoms with van der Waals surface area (Å²) < 4.78 is 35.7. The summed E-state index contributed by atoms with van der Waals surface area (Å²) in [6.07, 6.45) is 4.92. The molecule has 1 fully saturated rings. The molecule has 3 heterocycles. The van der Waals surface area contributed by atoms with E-state index in [1.54, 1.807) is 7.11 Å². The zero-order chi connectivity index (χ0) is 25.1. The van der Waals surface area contributed by atoms with Crippen molar-refractivity contribution < 1.29 is 37.6 Å². The van der Waals surface area contributed by atoms with E-state index in [1.165, 1.54) is 0 Å². The van der Waals surface area contributed by atoms with E-state index in [4.69, 9.17) is 23.6 Å². The second kappa shape index (κ2) is 10.5. The Kier molecular flexibility index (Phi) is 6.97. The quantitative estimate of drug-likeness (QED) is 0.272. The van der Waals surface area contributed by atoms with E-state index in [2.05, 4.69) is 11.2 Å². The topological polar surface area (TPSA) is 100 Å². The molecule has 0 atom stereocenters. The average Bonchev–Trinajstić information content (AvgIpc) is 3.30. The standard InChI is InChI=1S/C26H25FN2O7/c1-32-19-7-3-2-5-16(19)6-4-14-33-29-12-10-17(11-13-29)24-23-20(36-28-24)15-18(27)25-26(23)35-22(31)9-8-21(30)34-25/h2-3,5,7-9,15,17H,4,6,10-14H2,1H3/b9-8+. The number of para-hydroxylation sites is 1. The molecule has 10 heteroatoms. The summed E-state index contributed by atoms with van der Waals surface area (Å²) in [6, 6.07) is 9.02. The molecule has 9 nitrogen and oxygen atoms in total. The molecule has 36 heavy (non-hydrogen) atoms. The van der Waals surface area contributed by atoms with Crippen molar-refractivity contribution >= 4 is 22.9 Å². The number of hydroxylamine groups is 2. The predicted molar refractivity (Wildman–Crippen MR) is 125 cm³/mol. The smallest absolute Gasteiger partial charge is 0.336 e. The van der Waals surface area contributed by atoms with Crippen LogP contribution in [0.4, 0.5) is 4.39 Å². The Morgan fingerprint density at radius 1 is 1.08 bits per heavy atom. The molecular formula is C26H25FN2O7. The van der Waals surface area contributed by atoms with Crippen LogP contribution >= 0.6 is 0 Å². The highest BCUT2D eigenvalue weighted by atomic mass is 19.1. The van der Waals surface area contributed by atoms with Crippen LogP contribution in [-0.2, 0) is 20.8 Å². The van der Waals surface area contributed by atoms with Crippen molar-refractivity contribution in [1.29, 1.82) is 0 Å². The van der Waals surface area contributed by atoms with Crippen LogP contribution in [0.1, 0.15) is 36.4 Å². The van der Waals surface area contributed by atoms with Crippen molar-refractivity contribution in [1.82, 2.24) is 10.2 Å². The molecule has 188 valence electrons. The van der Waals surface area contributed by atoms with Gasteiger partial charge in [-0.3, -0.25) is 4.84 Å². The van der Waals surface area contributed by atoms with Crippen LogP contribution in [0.3, 0.4) is 0 Å². The summed E-state index contributed by atoms with van der Waals surface area (Å²) >= 11 is 0. The molecule has 1 saturated heterocycles. The Balaban J connectivity index is 1.24. The van der Waals surface area contributed by atoms with Gasteiger partial charge in [0.25, 0.3) is 0 Å². The maximum Gasteiger partial charge on any atom is 0.336 e. The number of nitrogens with zero attached hydrogens (tertiary/aromatic N) is 2. The van der Waals surface area contributed by atoms with Crippen LogP contribution in [-0.4, -0.2) is 49.0 Å². The van der Waals surface area contributed by atoms with Crippen LogP contribution in [0, 0.1) is 5.82 Å². The van der Waals surface area contributed by atoms with Crippen molar-refractivity contribution in [2.75, 3.05) is 26.8 Å². The minimum Gasteiger partial charge on any atom is -0.496 e. The monoisotopic (exact) mass is 496 g/mol. The molecular weight excluding hydrogens is 471 g/mol. The molecule has 0 unspecified atom stereocenters. The highest BCUT2D eigenvalue weighted by Gasteiger charge is 2.32. The number of methoxy groups -OCH3 is 1. The van der Waals surface area contributed by atoms with Crippen LogP contribution in [0.15, 0.2) is 47.0 Å². The first-order valence-electron chi connectivity index (χ1n) is 11.8. The van der Waals surface area contributed by atoms with Crippen LogP contribution in [0.25, 0.3) is 11.0 Å². The second-order valence-corrected chi connectivity index (χ2v) is 8.59. The molecule has 0 saturated carbocycles. The lowest BCUT2D eigenvalue weighted by Crippen LogP contribution is -2.33. The summed E-state index contributed by atoms with van der Waals surface area (Å²) in [4.78, 5) is 29.9. The Hall–Kier alpha value is -3.76. The summed E-state index contributed by atoms with van der Waals surface area (Å²) in [5.74, 6) is -2.38. The van der Waals surface area contributed by atoms with E-state index in [9.17, 15) is 14.0 Å². The van der Waals surface area contributed by atoms with Crippen molar-refractivity contribution in [3.05, 3.63) is 59.6 Å². The molecule has 0 bridgehead atoms. The number of carbonyl (C=O) groups excluding carboxylic acids is 2. The lowest BCUT2D eigenvalue weighted by atomic mass is 9.92. The van der Waals surface area contributed by atoms with Gasteiger partial charge in [-0.2, -0.15) is 5.06 Å². The predicted octanol–water partition coefficient (Wildman–Crippen LogP) is 4.10. The highest BCUT2D eigenvalue weighted by molar-refractivity contribution is 5.99. The number of esters is 2. The first kappa shape index (κ1) is 24.0. The lowest BCUT2D eigenvalue weighted by Gasteiger charge is -2.30. The number of hydrogen-bond donors (Lipinski definition) is 0. The molecule has 2 aromatic carbocycles. The largest absolute Gasteiger partial charge is 0.496 e. The number of ether oxygens (including phenoxy) is 3. The van der Waals surface area contributed by atoms with Crippen molar-refractivity contribution in [3.63, 3.8) is 0 Å². The number of fused-ring (bicyclic) bond motifs is 3. The molecule has 1 aromatic heterocycles. The average molecular weight is 496 g/mol. The van der Waals surface area contributed by atoms with Crippen molar-refractivity contribution in [3.8, 4) is 17.2 Å². The fourth-order valence-corrected chi connectivity index (χ4v) is 4.55. The molecule has 0 amide bonds. The maximum absolute atomic E-state index is 14.6. The van der Waals surface area contributed by atoms with Gasteiger partial charge in [-0.15, -0.1) is 0 Å². The van der Waals surface area contributed by atoms with Crippen molar-refractivity contribution in [2.45, 2.75) is 31.6 Å². The minimum atomic E-state index is -0.881. The maximum atomic E-state index is 14.6. The van der Waals surface area contributed by atoms with E-state index in [0.717, 1.165) is 42.4 Å². The third kappa shape index (κ3) is 4.95. The number of aryl methyl sites for hydroxylation is 1. The third-order valence-electron chi connectivity index (χ3n) is 6.31. The minimum absolute atomic E-state index is 0.0374. The van der Waals surface area contributed by atoms with Crippen molar-refractivity contribution in [2.24, 2.45) is 0 Å². The molecule has 5 rings (SSSR count). The molecule has 3 aromatic rings. The summed E-state index contributed by atoms with van der Waals surface area (Å²) in [6.45, 7) is 1.90. The van der Waals surface area contributed by atoms with E-state index in [0.29, 0.717) is 43.6 Å². The Bertz CT molecular complexity index is 1310. The zero-order valence-electron chi connectivity index (χ0n) is 19.7. The Morgan fingerprint density at radius 2 is 1.81 bits per heavy atom. The van der Waals surface area contributed by atoms with E-state index >= 15 is 0 Å². The van der Waals surface area contributed by atoms with Gasteiger partial charge >= 0.3 is 11.9 Å². The number of hydrogen-bond acceptors (Lipinski definition) is 9. The van der Waals surface area contributed by atoms with Crippen LogP contribution < -0.4 is 14.2 Å². The number of carbonyl (C=O) groups is 2. The summed E-state index contributed by atoms with van der Waals surface area (Å²) in [5, 5.41) is 6.41. The lowest BCUT2D eigenvalue weighted by molar-refractivity contribution is -0.171. The van der Waals surface area contributed by atoms with Gasteiger partial charge in [0.15, 0.2) is 17.1 Å². The van der Waals surface area contributed by atoms with Gasteiger partial charge in [-0.25, -0.2) is 14.0 Å². The number of piperidine rings is 1. The number of benzene rings is 2. The zero-order valence-corrected chi connectivity index (χ0v) is 19.7. The fourth-order valence-electron chi connectivity index (χ4n) is 4.55. The van der Waals surface area contributed by atoms with E-state index in [1.807, 2.05) is 23.3 Å². The normalized spacial score (nSPS) is 17.7. The van der Waals surface area contributed by atoms with Gasteiger partial charge < -0.3 is 18.7 Å². The number of halogens is 1. The fraction of sp³-hybridized carbons (Fsp3) is 0.346. The first-order chi connectivity index (χ1) is 17.5. The highest BCUT2D eigenvalue weighted by Crippen LogP contribution is 2.44. The van der Waals surface area contributed by atoms with Gasteiger partial charge in [0.1, 0.15) is 5.75 Å². The van der Waals surface area contributed by atoms with Gasteiger partial charge in [-0.05, 0) is 37.3 Å². The van der Waals surface area contributed by atoms with Crippen LogP contribution in [0.2, 0.25) is 0 Å². The molecule has 0 N–H and O–H groups in total. The first-order valence-corrected chi connectivity index (χ1v) is 11.8. The van der Waals surface area contributed by atoms with Gasteiger partial charge in [-0.1, -0.05) is 23.4 Å². The Labute approximate surface area is 206 Å². The Morgan fingerprint density at radius 3 is 2.56 bits per heavy atom. The molecule has 0 radical (unpaired) electrons. The molecule has 2 aliphatic heterocycles. The van der Waals surface area contributed by atoms with Gasteiger partial charge in [0.05, 0.1) is 24.8 Å².